The molecule has 4 heteroatoms. The van der Waals surface area contributed by atoms with Crippen molar-refractivity contribution in [2.75, 3.05) is 0 Å². The fourth-order valence-electron chi connectivity index (χ4n) is 1.54. The Morgan fingerprint density at radius 1 is 1.33 bits per heavy atom. The maximum atomic E-state index is 5.56. The molecule has 78 valence electrons. The highest BCUT2D eigenvalue weighted by molar-refractivity contribution is 5.25. The molecule has 1 aromatic carbocycles. The van der Waals surface area contributed by atoms with Crippen molar-refractivity contribution in [2.45, 2.75) is 20.0 Å². The van der Waals surface area contributed by atoms with Crippen molar-refractivity contribution in [1.29, 1.82) is 0 Å². The van der Waals surface area contributed by atoms with E-state index in [1.54, 1.807) is 6.33 Å². The van der Waals surface area contributed by atoms with Crippen molar-refractivity contribution in [2.24, 2.45) is 5.73 Å². The summed E-state index contributed by atoms with van der Waals surface area (Å²) in [6.07, 6.45) is 1.72. The van der Waals surface area contributed by atoms with Crippen molar-refractivity contribution in [3.05, 3.63) is 47.5 Å². The third kappa shape index (κ3) is 2.05. The van der Waals surface area contributed by atoms with Gasteiger partial charge in [-0.25, -0.2) is 0 Å². The predicted molar refractivity (Wildman–Crippen MR) is 58.2 cm³/mol. The molecular weight excluding hydrogens is 188 g/mol. The number of nitrogens with zero attached hydrogens (tertiary/aromatic N) is 3. The third-order valence-corrected chi connectivity index (χ3v) is 2.48. The van der Waals surface area contributed by atoms with Crippen LogP contribution in [0, 0.1) is 6.92 Å². The summed E-state index contributed by atoms with van der Waals surface area (Å²) in [7, 11) is 0. The first-order valence-electron chi connectivity index (χ1n) is 4.92. The molecule has 1 heterocycles. The minimum atomic E-state index is 0.423. The molecule has 0 unspecified atom stereocenters. The molecule has 2 rings (SSSR count). The molecule has 0 aliphatic rings. The zero-order valence-electron chi connectivity index (χ0n) is 8.72. The van der Waals surface area contributed by atoms with Crippen LogP contribution in [0.1, 0.15) is 17.0 Å². The van der Waals surface area contributed by atoms with Gasteiger partial charge in [0.2, 0.25) is 0 Å². The molecule has 0 radical (unpaired) electrons. The zero-order chi connectivity index (χ0) is 10.7. The van der Waals surface area contributed by atoms with Crippen molar-refractivity contribution >= 4 is 0 Å². The minimum Gasteiger partial charge on any atom is -0.324 e. The lowest BCUT2D eigenvalue weighted by Crippen LogP contribution is -2.09. The molecule has 0 saturated heterocycles. The standard InChI is InChI=1S/C11H14N4/c1-9-4-2-3-5-10(9)7-15-8-13-14-11(15)6-12/h2-5,8H,6-7,12H2,1H3. The van der Waals surface area contributed by atoms with Gasteiger partial charge >= 0.3 is 0 Å². The van der Waals surface area contributed by atoms with Crippen LogP contribution in [0.5, 0.6) is 0 Å². The molecule has 0 aliphatic heterocycles. The topological polar surface area (TPSA) is 56.7 Å². The average molecular weight is 202 g/mol. The number of hydrogen-bond donors (Lipinski definition) is 1. The first kappa shape index (κ1) is 9.86. The molecule has 0 amide bonds. The summed E-state index contributed by atoms with van der Waals surface area (Å²) in [5, 5.41) is 7.80. The highest BCUT2D eigenvalue weighted by Gasteiger charge is 2.03. The summed E-state index contributed by atoms with van der Waals surface area (Å²) < 4.78 is 1.97. The summed E-state index contributed by atoms with van der Waals surface area (Å²) in [6, 6.07) is 8.28. The predicted octanol–water partition coefficient (Wildman–Crippen LogP) is 1.09. The number of aromatic nitrogens is 3. The summed E-state index contributed by atoms with van der Waals surface area (Å²) in [5.74, 6) is 0.818. The van der Waals surface area contributed by atoms with E-state index in [-0.39, 0.29) is 0 Å². The second kappa shape index (κ2) is 4.23. The minimum absolute atomic E-state index is 0.423. The zero-order valence-corrected chi connectivity index (χ0v) is 8.72. The van der Waals surface area contributed by atoms with E-state index in [9.17, 15) is 0 Å². The Balaban J connectivity index is 2.26. The fourth-order valence-corrected chi connectivity index (χ4v) is 1.54. The van der Waals surface area contributed by atoms with Crippen LogP contribution in [0.2, 0.25) is 0 Å². The van der Waals surface area contributed by atoms with Crippen molar-refractivity contribution in [3.8, 4) is 0 Å². The Morgan fingerprint density at radius 2 is 2.13 bits per heavy atom. The molecule has 0 saturated carbocycles. The van der Waals surface area contributed by atoms with Crippen LogP contribution in [0.3, 0.4) is 0 Å². The maximum absolute atomic E-state index is 5.56. The molecule has 0 fully saturated rings. The van der Waals surface area contributed by atoms with Gasteiger partial charge in [-0.2, -0.15) is 0 Å². The van der Waals surface area contributed by atoms with E-state index in [0.29, 0.717) is 6.54 Å². The van der Waals surface area contributed by atoms with Crippen LogP contribution in [-0.2, 0) is 13.1 Å². The van der Waals surface area contributed by atoms with E-state index in [4.69, 9.17) is 5.73 Å². The summed E-state index contributed by atoms with van der Waals surface area (Å²) in [5.41, 5.74) is 8.11. The highest BCUT2D eigenvalue weighted by atomic mass is 15.3. The second-order valence-electron chi connectivity index (χ2n) is 3.51. The summed E-state index contributed by atoms with van der Waals surface area (Å²) in [4.78, 5) is 0. The van der Waals surface area contributed by atoms with Gasteiger partial charge in [-0.3, -0.25) is 0 Å². The number of benzene rings is 1. The number of aryl methyl sites for hydroxylation is 1. The normalized spacial score (nSPS) is 10.5. The van der Waals surface area contributed by atoms with Crippen LogP contribution < -0.4 is 5.73 Å². The first-order chi connectivity index (χ1) is 7.31. The smallest absolute Gasteiger partial charge is 0.146 e. The van der Waals surface area contributed by atoms with Gasteiger partial charge in [-0.05, 0) is 18.1 Å². The van der Waals surface area contributed by atoms with E-state index in [1.165, 1.54) is 11.1 Å². The SMILES string of the molecule is Cc1ccccc1Cn1cnnc1CN. The van der Waals surface area contributed by atoms with Crippen LogP contribution in [0.4, 0.5) is 0 Å². The lowest BCUT2D eigenvalue weighted by Gasteiger charge is -2.07. The van der Waals surface area contributed by atoms with Crippen LogP contribution in [-0.4, -0.2) is 14.8 Å². The molecule has 4 nitrogen and oxygen atoms in total. The van der Waals surface area contributed by atoms with E-state index < -0.39 is 0 Å². The van der Waals surface area contributed by atoms with Gasteiger partial charge in [0, 0.05) is 0 Å². The van der Waals surface area contributed by atoms with Crippen LogP contribution >= 0.6 is 0 Å². The quantitative estimate of drug-likeness (QED) is 0.810. The lowest BCUT2D eigenvalue weighted by atomic mass is 10.1. The van der Waals surface area contributed by atoms with E-state index in [0.717, 1.165) is 12.4 Å². The molecule has 0 bridgehead atoms. The van der Waals surface area contributed by atoms with Crippen molar-refractivity contribution < 1.29 is 0 Å². The average Bonchev–Trinajstić information content (AvgIpc) is 2.69. The van der Waals surface area contributed by atoms with Gasteiger partial charge in [0.15, 0.2) is 0 Å². The Labute approximate surface area is 88.8 Å². The molecule has 0 aliphatic carbocycles. The van der Waals surface area contributed by atoms with E-state index in [2.05, 4.69) is 29.3 Å². The summed E-state index contributed by atoms with van der Waals surface area (Å²) >= 11 is 0. The fraction of sp³-hybridized carbons (Fsp3) is 0.273. The van der Waals surface area contributed by atoms with Crippen LogP contribution in [0.15, 0.2) is 30.6 Å². The molecule has 0 atom stereocenters. The number of hydrogen-bond acceptors (Lipinski definition) is 3. The van der Waals surface area contributed by atoms with Gasteiger partial charge in [-0.1, -0.05) is 24.3 Å². The monoisotopic (exact) mass is 202 g/mol. The first-order valence-corrected chi connectivity index (χ1v) is 4.92. The summed E-state index contributed by atoms with van der Waals surface area (Å²) in [6.45, 7) is 3.31. The van der Waals surface area contributed by atoms with Gasteiger partial charge in [0.1, 0.15) is 12.2 Å². The van der Waals surface area contributed by atoms with Crippen molar-refractivity contribution in [3.63, 3.8) is 0 Å². The second-order valence-corrected chi connectivity index (χ2v) is 3.51. The van der Waals surface area contributed by atoms with Crippen LogP contribution in [0.25, 0.3) is 0 Å². The Kier molecular flexibility index (Phi) is 2.78. The third-order valence-electron chi connectivity index (χ3n) is 2.48. The molecule has 15 heavy (non-hydrogen) atoms. The molecule has 1 aromatic heterocycles. The highest BCUT2D eigenvalue weighted by Crippen LogP contribution is 2.09. The molecule has 2 N–H and O–H groups in total. The van der Waals surface area contributed by atoms with Gasteiger partial charge in [0.25, 0.3) is 0 Å². The van der Waals surface area contributed by atoms with E-state index >= 15 is 0 Å². The largest absolute Gasteiger partial charge is 0.324 e. The van der Waals surface area contributed by atoms with E-state index in [1.807, 2.05) is 16.7 Å². The van der Waals surface area contributed by atoms with Crippen molar-refractivity contribution in [1.82, 2.24) is 14.8 Å². The molecule has 0 spiro atoms. The Bertz CT molecular complexity index is 447. The molecule has 2 aromatic rings. The van der Waals surface area contributed by atoms with Gasteiger partial charge in [-0.15, -0.1) is 10.2 Å². The maximum Gasteiger partial charge on any atom is 0.146 e. The Hall–Kier alpha value is -1.68. The molecular formula is C11H14N4. The van der Waals surface area contributed by atoms with Gasteiger partial charge < -0.3 is 10.3 Å². The number of nitrogens with two attached hydrogens (primary N) is 1. The number of rotatable bonds is 3. The van der Waals surface area contributed by atoms with Gasteiger partial charge in [0.05, 0.1) is 13.1 Å². The lowest BCUT2D eigenvalue weighted by molar-refractivity contribution is 0.721. The Morgan fingerprint density at radius 3 is 2.87 bits per heavy atom.